The summed E-state index contributed by atoms with van der Waals surface area (Å²) in [6.07, 6.45) is 11.5. The van der Waals surface area contributed by atoms with Crippen LogP contribution in [0.3, 0.4) is 0 Å². The second kappa shape index (κ2) is 8.28. The molecular formula is C22H24N6O2. The predicted octanol–water partition coefficient (Wildman–Crippen LogP) is 3.10. The molecule has 8 nitrogen and oxygen atoms in total. The van der Waals surface area contributed by atoms with E-state index in [4.69, 9.17) is 14.5 Å². The zero-order chi connectivity index (χ0) is 20.3. The molecule has 0 unspecified atom stereocenters. The lowest BCUT2D eigenvalue weighted by molar-refractivity contribution is 0.121. The van der Waals surface area contributed by atoms with Gasteiger partial charge in [-0.2, -0.15) is 10.2 Å². The first-order valence-electron chi connectivity index (χ1n) is 10.5. The van der Waals surface area contributed by atoms with Crippen molar-refractivity contribution < 1.29 is 9.47 Å². The molecule has 1 aliphatic heterocycles. The Morgan fingerprint density at radius 1 is 1.13 bits per heavy atom. The molecule has 0 radical (unpaired) electrons. The number of nitriles is 1. The maximum absolute atomic E-state index is 9.31. The number of ether oxygens (including phenoxy) is 2. The van der Waals surface area contributed by atoms with Gasteiger partial charge < -0.3 is 18.9 Å². The summed E-state index contributed by atoms with van der Waals surface area (Å²) in [5.74, 6) is 1.43. The largest absolute Gasteiger partial charge is 0.474 e. The van der Waals surface area contributed by atoms with Crippen LogP contribution in [0.1, 0.15) is 37.3 Å². The normalized spacial score (nSPS) is 22.0. The number of fused-ring (bicyclic) bond motifs is 1. The zero-order valence-corrected chi connectivity index (χ0v) is 16.8. The van der Waals surface area contributed by atoms with E-state index in [1.165, 1.54) is 0 Å². The third-order valence-electron chi connectivity index (χ3n) is 5.96. The topological polar surface area (TPSA) is 89.1 Å². The molecule has 0 atom stereocenters. The van der Waals surface area contributed by atoms with Crippen molar-refractivity contribution in [1.82, 2.24) is 19.5 Å². The van der Waals surface area contributed by atoms with Crippen molar-refractivity contribution in [2.24, 2.45) is 0 Å². The molecule has 0 bridgehead atoms. The zero-order valence-electron chi connectivity index (χ0n) is 16.8. The van der Waals surface area contributed by atoms with Gasteiger partial charge in [-0.1, -0.05) is 0 Å². The Morgan fingerprint density at radius 3 is 2.70 bits per heavy atom. The van der Waals surface area contributed by atoms with Crippen molar-refractivity contribution in [2.75, 3.05) is 31.2 Å². The van der Waals surface area contributed by atoms with E-state index in [1.807, 2.05) is 30.9 Å². The predicted molar refractivity (Wildman–Crippen MR) is 111 cm³/mol. The van der Waals surface area contributed by atoms with Crippen LogP contribution in [0, 0.1) is 11.3 Å². The van der Waals surface area contributed by atoms with E-state index < -0.39 is 0 Å². The Kier molecular flexibility index (Phi) is 5.20. The molecule has 4 heterocycles. The van der Waals surface area contributed by atoms with Gasteiger partial charge >= 0.3 is 0 Å². The highest BCUT2D eigenvalue weighted by atomic mass is 16.5. The Bertz CT molecular complexity index is 1050. The second-order valence-corrected chi connectivity index (χ2v) is 7.85. The summed E-state index contributed by atoms with van der Waals surface area (Å²) in [7, 11) is 0. The molecule has 5 rings (SSSR count). The van der Waals surface area contributed by atoms with Crippen LogP contribution >= 0.6 is 0 Å². The summed E-state index contributed by atoms with van der Waals surface area (Å²) in [6.45, 7) is 2.97. The van der Waals surface area contributed by atoms with Gasteiger partial charge in [0.25, 0.3) is 0 Å². The van der Waals surface area contributed by atoms with Crippen LogP contribution < -0.4 is 9.64 Å². The lowest BCUT2D eigenvalue weighted by Gasteiger charge is -2.31. The summed E-state index contributed by atoms with van der Waals surface area (Å²) >= 11 is 0. The SMILES string of the molecule is N#Cc1cnc2cc(N3CCOCC3)nc(OC3CCC(n4ccnc4)CC3)c2c1. The van der Waals surface area contributed by atoms with Gasteiger partial charge in [-0.25, -0.2) is 4.98 Å². The molecule has 0 N–H and O–H groups in total. The Balaban J connectivity index is 1.41. The van der Waals surface area contributed by atoms with Crippen molar-refractivity contribution in [3.8, 4) is 11.9 Å². The highest BCUT2D eigenvalue weighted by Gasteiger charge is 2.25. The van der Waals surface area contributed by atoms with Crippen molar-refractivity contribution in [3.63, 3.8) is 0 Å². The van der Waals surface area contributed by atoms with E-state index in [0.29, 0.717) is 30.7 Å². The van der Waals surface area contributed by atoms with Crippen LogP contribution in [0.2, 0.25) is 0 Å². The number of hydrogen-bond acceptors (Lipinski definition) is 7. The summed E-state index contributed by atoms with van der Waals surface area (Å²) in [4.78, 5) is 15.7. The second-order valence-electron chi connectivity index (χ2n) is 7.85. The standard InChI is InChI=1S/C22H24N6O2/c23-13-16-11-19-20(25-14-16)12-21(27-7-9-29-10-8-27)26-22(19)30-18-3-1-17(2-4-18)28-6-5-24-15-28/h5-6,11-12,14-15,17-18H,1-4,7-10H2. The van der Waals surface area contributed by atoms with E-state index in [0.717, 1.165) is 55.5 Å². The maximum Gasteiger partial charge on any atom is 0.225 e. The minimum Gasteiger partial charge on any atom is -0.474 e. The molecule has 3 aromatic rings. The van der Waals surface area contributed by atoms with Gasteiger partial charge in [-0.05, 0) is 31.7 Å². The fourth-order valence-electron chi connectivity index (χ4n) is 4.29. The molecule has 154 valence electrons. The Labute approximate surface area is 175 Å². The molecule has 3 aromatic heterocycles. The summed E-state index contributed by atoms with van der Waals surface area (Å²) < 4.78 is 14.1. The Morgan fingerprint density at radius 2 is 1.97 bits per heavy atom. The first-order chi connectivity index (χ1) is 14.8. The number of morpholine rings is 1. The average molecular weight is 404 g/mol. The molecule has 30 heavy (non-hydrogen) atoms. The molecule has 2 fully saturated rings. The van der Waals surface area contributed by atoms with Crippen LogP contribution in [0.25, 0.3) is 10.9 Å². The van der Waals surface area contributed by atoms with Gasteiger partial charge in [-0.15, -0.1) is 0 Å². The van der Waals surface area contributed by atoms with E-state index in [9.17, 15) is 5.26 Å². The maximum atomic E-state index is 9.31. The number of aromatic nitrogens is 4. The van der Waals surface area contributed by atoms with Crippen molar-refractivity contribution >= 4 is 16.7 Å². The molecule has 1 saturated carbocycles. The van der Waals surface area contributed by atoms with Gasteiger partial charge in [0.05, 0.1) is 36.0 Å². The lowest BCUT2D eigenvalue weighted by atomic mass is 9.93. The Hall–Kier alpha value is -3.18. The third-order valence-corrected chi connectivity index (χ3v) is 5.96. The van der Waals surface area contributed by atoms with E-state index >= 15 is 0 Å². The molecular weight excluding hydrogens is 380 g/mol. The molecule has 8 heteroatoms. The van der Waals surface area contributed by atoms with Gasteiger partial charge in [0, 0.05) is 43.8 Å². The number of anilines is 1. The lowest BCUT2D eigenvalue weighted by Crippen LogP contribution is -2.36. The van der Waals surface area contributed by atoms with E-state index in [1.54, 1.807) is 6.20 Å². The van der Waals surface area contributed by atoms with Crippen molar-refractivity contribution in [2.45, 2.75) is 37.8 Å². The van der Waals surface area contributed by atoms with Gasteiger partial charge in [0.1, 0.15) is 18.0 Å². The summed E-state index contributed by atoms with van der Waals surface area (Å²) in [5.41, 5.74) is 1.31. The van der Waals surface area contributed by atoms with Crippen molar-refractivity contribution in [3.05, 3.63) is 42.6 Å². The van der Waals surface area contributed by atoms with Crippen molar-refractivity contribution in [1.29, 1.82) is 5.26 Å². The molecule has 0 spiro atoms. The van der Waals surface area contributed by atoms with Gasteiger partial charge in [0.15, 0.2) is 0 Å². The minimum atomic E-state index is 0.103. The number of pyridine rings is 2. The van der Waals surface area contributed by atoms with Crippen LogP contribution in [-0.2, 0) is 4.74 Å². The quantitative estimate of drug-likeness (QED) is 0.660. The number of imidazole rings is 1. The van der Waals surface area contributed by atoms with Crippen LogP contribution in [0.4, 0.5) is 5.82 Å². The van der Waals surface area contributed by atoms with Gasteiger partial charge in [0.2, 0.25) is 5.88 Å². The van der Waals surface area contributed by atoms with E-state index in [2.05, 4.69) is 25.5 Å². The number of rotatable bonds is 4. The van der Waals surface area contributed by atoms with Crippen LogP contribution in [0.5, 0.6) is 5.88 Å². The third kappa shape index (κ3) is 3.81. The van der Waals surface area contributed by atoms with Crippen LogP contribution in [0.15, 0.2) is 37.1 Å². The number of hydrogen-bond donors (Lipinski definition) is 0. The monoisotopic (exact) mass is 404 g/mol. The van der Waals surface area contributed by atoms with Crippen LogP contribution in [-0.4, -0.2) is 51.9 Å². The fraction of sp³-hybridized carbons (Fsp3) is 0.455. The smallest absolute Gasteiger partial charge is 0.225 e. The number of nitrogens with zero attached hydrogens (tertiary/aromatic N) is 6. The average Bonchev–Trinajstić information content (AvgIpc) is 3.35. The molecule has 1 aliphatic carbocycles. The minimum absolute atomic E-state index is 0.103. The first kappa shape index (κ1) is 18.8. The van der Waals surface area contributed by atoms with E-state index in [-0.39, 0.29) is 6.10 Å². The summed E-state index contributed by atoms with van der Waals surface area (Å²) in [5, 5.41) is 10.1. The highest BCUT2D eigenvalue weighted by Crippen LogP contribution is 2.34. The molecule has 0 amide bonds. The fourth-order valence-corrected chi connectivity index (χ4v) is 4.29. The first-order valence-corrected chi connectivity index (χ1v) is 10.5. The molecule has 1 saturated heterocycles. The van der Waals surface area contributed by atoms with Gasteiger partial charge in [-0.3, -0.25) is 4.98 Å². The summed E-state index contributed by atoms with van der Waals surface area (Å²) in [6, 6.07) is 6.44. The highest BCUT2D eigenvalue weighted by molar-refractivity contribution is 5.86. The molecule has 2 aliphatic rings. The molecule has 0 aromatic carbocycles.